The third-order valence-corrected chi connectivity index (χ3v) is 3.37. The molecule has 0 atom stereocenters. The summed E-state index contributed by atoms with van der Waals surface area (Å²) in [5, 5.41) is 8.57. The quantitative estimate of drug-likeness (QED) is 0.776. The topological polar surface area (TPSA) is 30.7 Å². The van der Waals surface area contributed by atoms with Gasteiger partial charge >= 0.3 is 0 Å². The molecule has 3 nitrogen and oxygen atoms in total. The fourth-order valence-corrected chi connectivity index (χ4v) is 2.43. The van der Waals surface area contributed by atoms with Gasteiger partial charge in [-0.05, 0) is 17.9 Å². The van der Waals surface area contributed by atoms with E-state index in [0.717, 1.165) is 30.2 Å². The third-order valence-electron chi connectivity index (χ3n) is 3.13. The molecule has 0 saturated carbocycles. The van der Waals surface area contributed by atoms with Crippen molar-refractivity contribution in [1.82, 2.24) is 14.8 Å². The summed E-state index contributed by atoms with van der Waals surface area (Å²) < 4.78 is 2.14. The Bertz CT molecular complexity index is 546. The summed E-state index contributed by atoms with van der Waals surface area (Å²) in [6.07, 6.45) is 0.987. The van der Waals surface area contributed by atoms with Crippen LogP contribution in [-0.2, 0) is 18.8 Å². The zero-order valence-corrected chi connectivity index (χ0v) is 12.5. The Morgan fingerprint density at radius 1 is 1.21 bits per heavy atom. The predicted molar refractivity (Wildman–Crippen MR) is 79.2 cm³/mol. The molecule has 0 aliphatic heterocycles. The first kappa shape index (κ1) is 14.1. The number of nitrogens with zero attached hydrogens (tertiary/aromatic N) is 3. The van der Waals surface area contributed by atoms with Crippen molar-refractivity contribution in [2.45, 2.75) is 39.6 Å². The standard InChI is InChI=1S/C15H20ClN3/c1-4-12-7-5-6-8-13(12)15-18-17-14(9-16)19(15)10-11(2)3/h5-8,11H,4,9-10H2,1-3H3. The lowest BCUT2D eigenvalue weighted by atomic mass is 10.0. The molecule has 4 heteroatoms. The second kappa shape index (κ2) is 6.20. The fourth-order valence-electron chi connectivity index (χ4n) is 2.24. The van der Waals surface area contributed by atoms with Crippen molar-refractivity contribution >= 4 is 11.6 Å². The number of halogens is 1. The summed E-state index contributed by atoms with van der Waals surface area (Å²) in [6.45, 7) is 7.42. The molecule has 1 aromatic carbocycles. The van der Waals surface area contributed by atoms with Crippen LogP contribution in [0.3, 0.4) is 0 Å². The van der Waals surface area contributed by atoms with Crippen molar-refractivity contribution in [3.05, 3.63) is 35.7 Å². The zero-order chi connectivity index (χ0) is 13.8. The van der Waals surface area contributed by atoms with Crippen molar-refractivity contribution in [2.24, 2.45) is 5.92 Å². The highest BCUT2D eigenvalue weighted by molar-refractivity contribution is 6.16. The largest absolute Gasteiger partial charge is 0.310 e. The van der Waals surface area contributed by atoms with E-state index in [1.54, 1.807) is 0 Å². The minimum atomic E-state index is 0.397. The molecule has 19 heavy (non-hydrogen) atoms. The lowest BCUT2D eigenvalue weighted by Crippen LogP contribution is -2.10. The van der Waals surface area contributed by atoms with Gasteiger partial charge in [-0.1, -0.05) is 45.0 Å². The van der Waals surface area contributed by atoms with Gasteiger partial charge in [0.15, 0.2) is 5.82 Å². The van der Waals surface area contributed by atoms with Crippen molar-refractivity contribution in [3.63, 3.8) is 0 Å². The molecular formula is C15H20ClN3. The second-order valence-corrected chi connectivity index (χ2v) is 5.36. The van der Waals surface area contributed by atoms with Gasteiger partial charge in [0, 0.05) is 12.1 Å². The van der Waals surface area contributed by atoms with Crippen LogP contribution in [-0.4, -0.2) is 14.8 Å². The summed E-state index contributed by atoms with van der Waals surface area (Å²) in [5.74, 6) is 2.71. The van der Waals surface area contributed by atoms with Crippen molar-refractivity contribution in [1.29, 1.82) is 0 Å². The Kier molecular flexibility index (Phi) is 4.59. The number of hydrogen-bond acceptors (Lipinski definition) is 2. The fraction of sp³-hybridized carbons (Fsp3) is 0.467. The van der Waals surface area contributed by atoms with Gasteiger partial charge in [0.05, 0.1) is 5.88 Å². The van der Waals surface area contributed by atoms with E-state index >= 15 is 0 Å². The molecule has 0 unspecified atom stereocenters. The molecule has 2 aromatic rings. The number of rotatable bonds is 5. The average Bonchev–Trinajstić information content (AvgIpc) is 2.80. The maximum absolute atomic E-state index is 5.97. The van der Waals surface area contributed by atoms with Crippen LogP contribution in [0, 0.1) is 5.92 Å². The van der Waals surface area contributed by atoms with E-state index in [1.807, 2.05) is 6.07 Å². The van der Waals surface area contributed by atoms with E-state index in [4.69, 9.17) is 11.6 Å². The van der Waals surface area contributed by atoms with Crippen LogP contribution in [0.1, 0.15) is 32.2 Å². The average molecular weight is 278 g/mol. The molecule has 2 rings (SSSR count). The van der Waals surface area contributed by atoms with E-state index in [1.165, 1.54) is 5.56 Å². The Labute approximate surface area is 119 Å². The van der Waals surface area contributed by atoms with Gasteiger partial charge in [0.2, 0.25) is 0 Å². The van der Waals surface area contributed by atoms with Crippen LogP contribution < -0.4 is 0 Å². The smallest absolute Gasteiger partial charge is 0.164 e. The zero-order valence-electron chi connectivity index (χ0n) is 11.7. The molecule has 102 valence electrons. The van der Waals surface area contributed by atoms with Gasteiger partial charge in [-0.2, -0.15) is 0 Å². The third kappa shape index (κ3) is 2.98. The minimum absolute atomic E-state index is 0.397. The van der Waals surface area contributed by atoms with E-state index < -0.39 is 0 Å². The Morgan fingerprint density at radius 2 is 1.95 bits per heavy atom. The van der Waals surface area contributed by atoms with Crippen molar-refractivity contribution < 1.29 is 0 Å². The molecule has 0 fully saturated rings. The second-order valence-electron chi connectivity index (χ2n) is 5.09. The highest BCUT2D eigenvalue weighted by Crippen LogP contribution is 2.24. The number of alkyl halides is 1. The maximum atomic E-state index is 5.97. The highest BCUT2D eigenvalue weighted by atomic mass is 35.5. The van der Waals surface area contributed by atoms with E-state index in [2.05, 4.69) is 53.7 Å². The normalized spacial score (nSPS) is 11.2. The Morgan fingerprint density at radius 3 is 2.58 bits per heavy atom. The van der Waals surface area contributed by atoms with Crippen LogP contribution in [0.25, 0.3) is 11.4 Å². The molecular weight excluding hydrogens is 258 g/mol. The molecule has 1 heterocycles. The van der Waals surface area contributed by atoms with Crippen molar-refractivity contribution in [3.8, 4) is 11.4 Å². The van der Waals surface area contributed by atoms with Crippen LogP contribution in [0.5, 0.6) is 0 Å². The summed E-state index contributed by atoms with van der Waals surface area (Å²) in [7, 11) is 0. The van der Waals surface area contributed by atoms with E-state index in [0.29, 0.717) is 11.8 Å². The lowest BCUT2D eigenvalue weighted by molar-refractivity contribution is 0.515. The molecule has 0 aliphatic carbocycles. The first-order chi connectivity index (χ1) is 9.17. The Balaban J connectivity index is 2.52. The molecule has 1 aromatic heterocycles. The molecule has 0 N–H and O–H groups in total. The minimum Gasteiger partial charge on any atom is -0.310 e. The van der Waals surface area contributed by atoms with Crippen LogP contribution in [0.15, 0.2) is 24.3 Å². The van der Waals surface area contributed by atoms with Gasteiger partial charge in [-0.25, -0.2) is 0 Å². The van der Waals surface area contributed by atoms with Crippen LogP contribution in [0.4, 0.5) is 0 Å². The van der Waals surface area contributed by atoms with Crippen molar-refractivity contribution in [2.75, 3.05) is 0 Å². The molecule has 0 radical (unpaired) electrons. The van der Waals surface area contributed by atoms with Crippen LogP contribution in [0.2, 0.25) is 0 Å². The number of aryl methyl sites for hydroxylation is 1. The maximum Gasteiger partial charge on any atom is 0.164 e. The molecule has 0 saturated heterocycles. The monoisotopic (exact) mass is 277 g/mol. The van der Waals surface area contributed by atoms with Gasteiger partial charge in [-0.15, -0.1) is 21.8 Å². The lowest BCUT2D eigenvalue weighted by Gasteiger charge is -2.13. The van der Waals surface area contributed by atoms with Gasteiger partial charge in [0.1, 0.15) is 5.82 Å². The number of hydrogen-bond donors (Lipinski definition) is 0. The van der Waals surface area contributed by atoms with E-state index in [-0.39, 0.29) is 0 Å². The SMILES string of the molecule is CCc1ccccc1-c1nnc(CCl)n1CC(C)C. The summed E-state index contributed by atoms with van der Waals surface area (Å²) in [5.41, 5.74) is 2.45. The molecule has 0 amide bonds. The van der Waals surface area contributed by atoms with Gasteiger partial charge in [0.25, 0.3) is 0 Å². The van der Waals surface area contributed by atoms with Gasteiger partial charge < -0.3 is 4.57 Å². The highest BCUT2D eigenvalue weighted by Gasteiger charge is 2.15. The Hall–Kier alpha value is -1.35. The van der Waals surface area contributed by atoms with Crippen LogP contribution >= 0.6 is 11.6 Å². The van der Waals surface area contributed by atoms with E-state index in [9.17, 15) is 0 Å². The predicted octanol–water partition coefficient (Wildman–Crippen LogP) is 3.90. The number of aromatic nitrogens is 3. The first-order valence-electron chi connectivity index (χ1n) is 6.73. The number of benzene rings is 1. The molecule has 0 aliphatic rings. The first-order valence-corrected chi connectivity index (χ1v) is 7.27. The molecule has 0 bridgehead atoms. The molecule has 0 spiro atoms. The summed E-state index contributed by atoms with van der Waals surface area (Å²) in [6, 6.07) is 8.36. The summed E-state index contributed by atoms with van der Waals surface area (Å²) >= 11 is 5.97. The summed E-state index contributed by atoms with van der Waals surface area (Å²) in [4.78, 5) is 0. The van der Waals surface area contributed by atoms with Gasteiger partial charge in [-0.3, -0.25) is 0 Å².